The fourth-order valence-electron chi connectivity index (χ4n) is 2.18. The standard InChI is InChI=1S/C13H26N2O2/c1-5-17-9-7-12(16)15-8-6-11(10-15)14-13(2,3)4/h11,14H,5-10H2,1-4H3/t11-/m1/s1. The summed E-state index contributed by atoms with van der Waals surface area (Å²) in [6, 6.07) is 0.436. The molecule has 17 heavy (non-hydrogen) atoms. The third-order valence-electron chi connectivity index (χ3n) is 2.84. The van der Waals surface area contributed by atoms with Crippen LogP contribution in [0.25, 0.3) is 0 Å². The summed E-state index contributed by atoms with van der Waals surface area (Å²) in [6.45, 7) is 11.4. The summed E-state index contributed by atoms with van der Waals surface area (Å²) in [4.78, 5) is 13.8. The molecule has 1 saturated heterocycles. The molecule has 0 aromatic heterocycles. The molecule has 0 aliphatic carbocycles. The molecule has 1 amide bonds. The summed E-state index contributed by atoms with van der Waals surface area (Å²) in [6.07, 6.45) is 1.56. The summed E-state index contributed by atoms with van der Waals surface area (Å²) < 4.78 is 5.21. The molecule has 4 nitrogen and oxygen atoms in total. The zero-order chi connectivity index (χ0) is 12.9. The summed E-state index contributed by atoms with van der Waals surface area (Å²) >= 11 is 0. The summed E-state index contributed by atoms with van der Waals surface area (Å²) in [5, 5.41) is 3.55. The molecule has 0 unspecified atom stereocenters. The molecule has 0 bridgehead atoms. The first-order valence-electron chi connectivity index (χ1n) is 6.55. The Hall–Kier alpha value is -0.610. The van der Waals surface area contributed by atoms with Gasteiger partial charge in [0, 0.05) is 31.3 Å². The van der Waals surface area contributed by atoms with Crippen LogP contribution in [0.3, 0.4) is 0 Å². The molecule has 0 radical (unpaired) electrons. The molecule has 1 aliphatic heterocycles. The van der Waals surface area contributed by atoms with Gasteiger partial charge in [0.2, 0.25) is 5.91 Å². The second kappa shape index (κ2) is 6.36. The van der Waals surface area contributed by atoms with Gasteiger partial charge in [-0.1, -0.05) is 0 Å². The van der Waals surface area contributed by atoms with Gasteiger partial charge in [-0.05, 0) is 34.1 Å². The lowest BCUT2D eigenvalue weighted by molar-refractivity contribution is -0.131. The molecule has 1 rings (SSSR count). The number of hydrogen-bond donors (Lipinski definition) is 1. The Kier molecular flexibility index (Phi) is 5.40. The first-order chi connectivity index (χ1) is 7.92. The van der Waals surface area contributed by atoms with Crippen molar-refractivity contribution in [1.82, 2.24) is 10.2 Å². The lowest BCUT2D eigenvalue weighted by atomic mass is 10.1. The van der Waals surface area contributed by atoms with E-state index < -0.39 is 0 Å². The molecule has 1 atom stereocenters. The summed E-state index contributed by atoms with van der Waals surface area (Å²) in [5.41, 5.74) is 0.120. The van der Waals surface area contributed by atoms with E-state index in [9.17, 15) is 4.79 Å². The van der Waals surface area contributed by atoms with E-state index in [1.165, 1.54) is 0 Å². The van der Waals surface area contributed by atoms with Crippen LogP contribution < -0.4 is 5.32 Å². The number of nitrogens with one attached hydrogen (secondary N) is 1. The highest BCUT2D eigenvalue weighted by Gasteiger charge is 2.28. The predicted octanol–water partition coefficient (Wildman–Crippen LogP) is 1.40. The number of nitrogens with zero attached hydrogens (tertiary/aromatic N) is 1. The van der Waals surface area contributed by atoms with Crippen molar-refractivity contribution in [2.75, 3.05) is 26.3 Å². The van der Waals surface area contributed by atoms with E-state index in [-0.39, 0.29) is 11.4 Å². The minimum absolute atomic E-state index is 0.120. The van der Waals surface area contributed by atoms with Gasteiger partial charge in [-0.15, -0.1) is 0 Å². The summed E-state index contributed by atoms with van der Waals surface area (Å²) in [7, 11) is 0. The van der Waals surface area contributed by atoms with Crippen LogP contribution in [0.4, 0.5) is 0 Å². The highest BCUT2D eigenvalue weighted by molar-refractivity contribution is 5.76. The molecule has 0 spiro atoms. The molecule has 1 fully saturated rings. The maximum absolute atomic E-state index is 11.8. The normalized spacial score (nSPS) is 20.9. The van der Waals surface area contributed by atoms with Gasteiger partial charge in [0.25, 0.3) is 0 Å². The van der Waals surface area contributed by atoms with E-state index >= 15 is 0 Å². The van der Waals surface area contributed by atoms with Gasteiger partial charge in [0.1, 0.15) is 0 Å². The second-order valence-corrected chi connectivity index (χ2v) is 5.67. The zero-order valence-corrected chi connectivity index (χ0v) is 11.6. The number of carbonyl (C=O) groups is 1. The highest BCUT2D eigenvalue weighted by Crippen LogP contribution is 2.13. The molecule has 4 heteroatoms. The Bertz CT molecular complexity index is 248. The monoisotopic (exact) mass is 242 g/mol. The predicted molar refractivity (Wildman–Crippen MR) is 69.0 cm³/mol. The Labute approximate surface area is 105 Å². The molecule has 1 aliphatic rings. The van der Waals surface area contributed by atoms with Crippen LogP contribution >= 0.6 is 0 Å². The van der Waals surface area contributed by atoms with Crippen molar-refractivity contribution in [2.24, 2.45) is 0 Å². The largest absolute Gasteiger partial charge is 0.381 e. The Morgan fingerprint density at radius 3 is 2.76 bits per heavy atom. The van der Waals surface area contributed by atoms with Gasteiger partial charge in [0.15, 0.2) is 0 Å². The van der Waals surface area contributed by atoms with Gasteiger partial charge in [-0.25, -0.2) is 0 Å². The van der Waals surface area contributed by atoms with E-state index in [0.717, 1.165) is 19.5 Å². The van der Waals surface area contributed by atoms with Crippen LogP contribution in [0.1, 0.15) is 40.5 Å². The van der Waals surface area contributed by atoms with E-state index in [2.05, 4.69) is 26.1 Å². The quantitative estimate of drug-likeness (QED) is 0.741. The van der Waals surface area contributed by atoms with E-state index in [4.69, 9.17) is 4.74 Å². The van der Waals surface area contributed by atoms with E-state index in [1.807, 2.05) is 11.8 Å². The molecule has 0 aromatic rings. The molecular formula is C13H26N2O2. The van der Waals surface area contributed by atoms with Crippen LogP contribution in [0, 0.1) is 0 Å². The average molecular weight is 242 g/mol. The van der Waals surface area contributed by atoms with Crippen molar-refractivity contribution >= 4 is 5.91 Å². The molecular weight excluding hydrogens is 216 g/mol. The minimum Gasteiger partial charge on any atom is -0.381 e. The number of likely N-dealkylation sites (tertiary alicyclic amines) is 1. The first kappa shape index (κ1) is 14.5. The minimum atomic E-state index is 0.120. The zero-order valence-electron chi connectivity index (χ0n) is 11.6. The van der Waals surface area contributed by atoms with E-state index in [0.29, 0.717) is 25.7 Å². The maximum Gasteiger partial charge on any atom is 0.224 e. The summed E-state index contributed by atoms with van der Waals surface area (Å²) in [5.74, 6) is 0.219. The van der Waals surface area contributed by atoms with Crippen molar-refractivity contribution < 1.29 is 9.53 Å². The fraction of sp³-hybridized carbons (Fsp3) is 0.923. The number of rotatable bonds is 5. The van der Waals surface area contributed by atoms with Crippen LogP contribution in [0.2, 0.25) is 0 Å². The number of hydrogen-bond acceptors (Lipinski definition) is 3. The Balaban J connectivity index is 2.27. The van der Waals surface area contributed by atoms with Crippen molar-refractivity contribution in [3.63, 3.8) is 0 Å². The van der Waals surface area contributed by atoms with Gasteiger partial charge in [0.05, 0.1) is 13.0 Å². The van der Waals surface area contributed by atoms with Gasteiger partial charge < -0.3 is 15.0 Å². The van der Waals surface area contributed by atoms with E-state index in [1.54, 1.807) is 0 Å². The Morgan fingerprint density at radius 2 is 2.18 bits per heavy atom. The average Bonchev–Trinajstić information content (AvgIpc) is 2.64. The third-order valence-corrected chi connectivity index (χ3v) is 2.84. The highest BCUT2D eigenvalue weighted by atomic mass is 16.5. The first-order valence-corrected chi connectivity index (χ1v) is 6.55. The van der Waals surface area contributed by atoms with Crippen molar-refractivity contribution in [3.05, 3.63) is 0 Å². The maximum atomic E-state index is 11.8. The fourth-order valence-corrected chi connectivity index (χ4v) is 2.18. The lowest BCUT2D eigenvalue weighted by Crippen LogP contribution is -2.45. The van der Waals surface area contributed by atoms with Crippen LogP contribution in [0.5, 0.6) is 0 Å². The van der Waals surface area contributed by atoms with Gasteiger partial charge >= 0.3 is 0 Å². The van der Waals surface area contributed by atoms with Crippen molar-refractivity contribution in [1.29, 1.82) is 0 Å². The SMILES string of the molecule is CCOCCC(=O)N1CC[C@@H](NC(C)(C)C)C1. The van der Waals surface area contributed by atoms with Gasteiger partial charge in [-0.3, -0.25) is 4.79 Å². The topological polar surface area (TPSA) is 41.6 Å². The van der Waals surface area contributed by atoms with Crippen molar-refractivity contribution in [2.45, 2.75) is 52.1 Å². The lowest BCUT2D eigenvalue weighted by Gasteiger charge is -2.26. The Morgan fingerprint density at radius 1 is 1.47 bits per heavy atom. The number of ether oxygens (including phenoxy) is 1. The van der Waals surface area contributed by atoms with Crippen LogP contribution in [0.15, 0.2) is 0 Å². The van der Waals surface area contributed by atoms with Crippen LogP contribution in [-0.4, -0.2) is 48.7 Å². The number of amides is 1. The molecule has 1 N–H and O–H groups in total. The second-order valence-electron chi connectivity index (χ2n) is 5.67. The van der Waals surface area contributed by atoms with Gasteiger partial charge in [-0.2, -0.15) is 0 Å². The smallest absolute Gasteiger partial charge is 0.224 e. The van der Waals surface area contributed by atoms with Crippen LogP contribution in [-0.2, 0) is 9.53 Å². The van der Waals surface area contributed by atoms with Crippen molar-refractivity contribution in [3.8, 4) is 0 Å². The molecule has 100 valence electrons. The molecule has 0 saturated carbocycles. The molecule has 1 heterocycles. The number of carbonyl (C=O) groups excluding carboxylic acids is 1. The molecule has 0 aromatic carbocycles. The third kappa shape index (κ3) is 5.50.